The summed E-state index contributed by atoms with van der Waals surface area (Å²) < 4.78 is 0. The lowest BCUT2D eigenvalue weighted by Gasteiger charge is -2.03. The minimum atomic E-state index is -0.141. The topological polar surface area (TPSA) is 68.7 Å². The third-order valence-corrected chi connectivity index (χ3v) is 3.88. The summed E-state index contributed by atoms with van der Waals surface area (Å²) in [6.07, 6.45) is 1.77. The fourth-order valence-electron chi connectivity index (χ4n) is 2.82. The largest absolute Gasteiger partial charge is 0.361 e. The average molecular weight is 285 g/mol. The summed E-state index contributed by atoms with van der Waals surface area (Å²) in [5.74, 6) is -0.141. The number of benzene rings is 2. The maximum atomic E-state index is 12.5. The van der Waals surface area contributed by atoms with Crippen LogP contribution in [0.15, 0.2) is 60.4 Å². The van der Waals surface area contributed by atoms with Gasteiger partial charge in [0, 0.05) is 33.9 Å². The number of rotatable bonds is 1. The smallest absolute Gasteiger partial charge is 0.212 e. The van der Waals surface area contributed by atoms with E-state index in [1.54, 1.807) is 12.3 Å². The van der Waals surface area contributed by atoms with Crippen LogP contribution in [-0.2, 0) is 0 Å². The van der Waals surface area contributed by atoms with Gasteiger partial charge in [-0.05, 0) is 18.2 Å². The number of nitrogens with zero attached hydrogens (tertiary/aromatic N) is 1. The fraction of sp³-hybridized carbons (Fsp3) is 0. The highest BCUT2D eigenvalue weighted by Gasteiger charge is 2.28. The van der Waals surface area contributed by atoms with E-state index in [-0.39, 0.29) is 5.78 Å². The van der Waals surface area contributed by atoms with Crippen molar-refractivity contribution in [3.63, 3.8) is 0 Å². The molecule has 1 aliphatic heterocycles. The molecule has 0 bridgehead atoms. The molecule has 22 heavy (non-hydrogen) atoms. The van der Waals surface area contributed by atoms with Gasteiger partial charge >= 0.3 is 0 Å². The number of allylic oxidation sites excluding steroid dienone is 2. The number of Topliss-reactive ketones (excluding diaryl/α,β-unsaturated/α-hetero) is 1. The van der Waals surface area contributed by atoms with E-state index in [9.17, 15) is 10.1 Å². The molecule has 0 aliphatic carbocycles. The van der Waals surface area contributed by atoms with Crippen LogP contribution in [0.2, 0.25) is 0 Å². The van der Waals surface area contributed by atoms with E-state index in [4.69, 9.17) is 0 Å². The first-order valence-corrected chi connectivity index (χ1v) is 6.91. The lowest BCUT2D eigenvalue weighted by Crippen LogP contribution is -2.04. The number of hydrogen-bond donors (Lipinski definition) is 2. The Kier molecular flexibility index (Phi) is 2.60. The molecule has 0 fully saturated rings. The Morgan fingerprint density at radius 1 is 1.05 bits per heavy atom. The van der Waals surface area contributed by atoms with E-state index in [1.807, 2.05) is 42.5 Å². The van der Waals surface area contributed by atoms with Crippen molar-refractivity contribution < 1.29 is 4.79 Å². The number of hydrogen-bond acceptors (Lipinski definition) is 3. The van der Waals surface area contributed by atoms with Gasteiger partial charge in [-0.3, -0.25) is 4.79 Å². The van der Waals surface area contributed by atoms with Crippen molar-refractivity contribution in [1.29, 1.82) is 5.26 Å². The molecule has 4 rings (SSSR count). The van der Waals surface area contributed by atoms with Crippen LogP contribution in [0.4, 0.5) is 5.69 Å². The second kappa shape index (κ2) is 4.61. The van der Waals surface area contributed by atoms with E-state index in [0.29, 0.717) is 16.8 Å². The molecule has 4 heteroatoms. The van der Waals surface area contributed by atoms with Crippen molar-refractivity contribution >= 4 is 27.9 Å². The Hall–Kier alpha value is -3.32. The first-order valence-electron chi connectivity index (χ1n) is 6.91. The number of nitrogens with one attached hydrogen (secondary N) is 2. The molecule has 2 N–H and O–H groups in total. The first-order chi connectivity index (χ1) is 10.8. The third kappa shape index (κ3) is 1.66. The summed E-state index contributed by atoms with van der Waals surface area (Å²) in [5, 5.41) is 13.6. The number of H-pyrrole nitrogens is 1. The minimum Gasteiger partial charge on any atom is -0.361 e. The summed E-state index contributed by atoms with van der Waals surface area (Å²) in [7, 11) is 0. The van der Waals surface area contributed by atoms with Crippen LogP contribution < -0.4 is 5.32 Å². The second-order valence-electron chi connectivity index (χ2n) is 5.11. The third-order valence-electron chi connectivity index (χ3n) is 3.88. The highest BCUT2D eigenvalue weighted by molar-refractivity contribution is 6.23. The van der Waals surface area contributed by atoms with E-state index in [0.717, 1.165) is 22.2 Å². The Morgan fingerprint density at radius 2 is 1.82 bits per heavy atom. The molecule has 3 aromatic rings. The van der Waals surface area contributed by atoms with Crippen molar-refractivity contribution in [3.8, 4) is 6.07 Å². The first kappa shape index (κ1) is 12.4. The second-order valence-corrected chi connectivity index (χ2v) is 5.11. The number of ketones is 1. The van der Waals surface area contributed by atoms with Gasteiger partial charge in [0.15, 0.2) is 0 Å². The Labute approximate surface area is 126 Å². The summed E-state index contributed by atoms with van der Waals surface area (Å²) in [5.41, 5.74) is 3.72. The van der Waals surface area contributed by atoms with Crippen LogP contribution in [0.25, 0.3) is 16.5 Å². The van der Waals surface area contributed by atoms with Gasteiger partial charge < -0.3 is 10.3 Å². The average Bonchev–Trinajstić information content (AvgIpc) is 3.12. The Balaban J connectivity index is 1.94. The highest BCUT2D eigenvalue weighted by Crippen LogP contribution is 2.34. The number of aromatic nitrogens is 1. The van der Waals surface area contributed by atoms with Gasteiger partial charge in [-0.1, -0.05) is 30.3 Å². The normalized spacial score (nSPS) is 15.3. The Bertz CT molecular complexity index is 989. The molecule has 104 valence electrons. The van der Waals surface area contributed by atoms with Crippen LogP contribution in [0.3, 0.4) is 0 Å². The Morgan fingerprint density at radius 3 is 2.64 bits per heavy atom. The van der Waals surface area contributed by atoms with Crippen LogP contribution in [0.1, 0.15) is 15.9 Å². The van der Waals surface area contributed by atoms with Crippen molar-refractivity contribution in [2.45, 2.75) is 0 Å². The summed E-state index contributed by atoms with van der Waals surface area (Å²) in [6.45, 7) is 0. The number of carbonyl (C=O) groups is 1. The molecule has 0 radical (unpaired) electrons. The van der Waals surface area contributed by atoms with E-state index in [2.05, 4.69) is 16.4 Å². The minimum absolute atomic E-state index is 0.141. The summed E-state index contributed by atoms with van der Waals surface area (Å²) >= 11 is 0. The number of para-hydroxylation sites is 2. The monoisotopic (exact) mass is 285 g/mol. The van der Waals surface area contributed by atoms with E-state index < -0.39 is 0 Å². The maximum Gasteiger partial charge on any atom is 0.212 e. The van der Waals surface area contributed by atoms with Gasteiger partial charge in [-0.2, -0.15) is 5.26 Å². The quantitative estimate of drug-likeness (QED) is 0.529. The van der Waals surface area contributed by atoms with Gasteiger partial charge in [-0.25, -0.2) is 0 Å². The van der Waals surface area contributed by atoms with Crippen molar-refractivity contribution in [2.24, 2.45) is 0 Å². The van der Waals surface area contributed by atoms with Crippen LogP contribution in [-0.4, -0.2) is 10.8 Å². The number of carbonyl (C=O) groups excluding carboxylic acids is 1. The highest BCUT2D eigenvalue weighted by atomic mass is 16.1. The number of anilines is 1. The molecule has 0 amide bonds. The molecule has 0 saturated carbocycles. The molecule has 0 unspecified atom stereocenters. The molecular weight excluding hydrogens is 274 g/mol. The predicted molar refractivity (Wildman–Crippen MR) is 85.2 cm³/mol. The van der Waals surface area contributed by atoms with Gasteiger partial charge in [0.05, 0.1) is 5.57 Å². The zero-order valence-corrected chi connectivity index (χ0v) is 11.6. The van der Waals surface area contributed by atoms with Crippen molar-refractivity contribution in [2.75, 3.05) is 5.32 Å². The molecule has 1 aromatic heterocycles. The maximum absolute atomic E-state index is 12.5. The fourth-order valence-corrected chi connectivity index (χ4v) is 2.82. The van der Waals surface area contributed by atoms with Crippen molar-refractivity contribution in [3.05, 3.63) is 71.6 Å². The van der Waals surface area contributed by atoms with Crippen molar-refractivity contribution in [1.82, 2.24) is 4.98 Å². The van der Waals surface area contributed by atoms with Crippen LogP contribution in [0, 0.1) is 11.3 Å². The molecular formula is C18H11N3O. The zero-order valence-electron chi connectivity index (χ0n) is 11.6. The molecule has 2 heterocycles. The summed E-state index contributed by atoms with van der Waals surface area (Å²) in [6, 6.07) is 17.2. The van der Waals surface area contributed by atoms with Gasteiger partial charge in [0.2, 0.25) is 5.78 Å². The van der Waals surface area contributed by atoms with Crippen LogP contribution >= 0.6 is 0 Å². The van der Waals surface area contributed by atoms with Gasteiger partial charge in [0.1, 0.15) is 11.8 Å². The molecule has 1 aliphatic rings. The van der Waals surface area contributed by atoms with Gasteiger partial charge in [0.25, 0.3) is 0 Å². The summed E-state index contributed by atoms with van der Waals surface area (Å²) in [4.78, 5) is 15.7. The predicted octanol–water partition coefficient (Wildman–Crippen LogP) is 3.71. The SMILES string of the molecule is N#CC(=C1Nc2ccccc2C1=O)c1c[nH]c2ccccc12. The number of aromatic amines is 1. The van der Waals surface area contributed by atoms with E-state index >= 15 is 0 Å². The lowest BCUT2D eigenvalue weighted by molar-refractivity contribution is 0.104. The van der Waals surface area contributed by atoms with Gasteiger partial charge in [-0.15, -0.1) is 0 Å². The molecule has 0 spiro atoms. The number of nitriles is 1. The molecule has 0 saturated heterocycles. The zero-order chi connectivity index (χ0) is 15.1. The van der Waals surface area contributed by atoms with Crippen LogP contribution in [0.5, 0.6) is 0 Å². The molecule has 2 aromatic carbocycles. The molecule has 4 nitrogen and oxygen atoms in total. The standard InChI is InChI=1S/C18H11N3O/c19-9-13(14-10-20-15-7-3-1-5-11(14)15)17-18(22)12-6-2-4-8-16(12)21-17/h1-8,10,20-21H. The molecule has 0 atom stereocenters. The van der Waals surface area contributed by atoms with E-state index in [1.165, 1.54) is 0 Å². The lowest BCUT2D eigenvalue weighted by atomic mass is 10.0. The number of fused-ring (bicyclic) bond motifs is 2.